The van der Waals surface area contributed by atoms with Gasteiger partial charge in [0.15, 0.2) is 0 Å². The number of fused-ring (bicyclic) bond motifs is 2. The zero-order valence-electron chi connectivity index (χ0n) is 11.0. The van der Waals surface area contributed by atoms with Gasteiger partial charge in [-0.2, -0.15) is 0 Å². The fourth-order valence-electron chi connectivity index (χ4n) is 3.29. The van der Waals surface area contributed by atoms with Crippen molar-refractivity contribution < 1.29 is 9.90 Å². The third-order valence-electron chi connectivity index (χ3n) is 4.33. The lowest BCUT2D eigenvalue weighted by molar-refractivity contribution is 0.137. The lowest BCUT2D eigenvalue weighted by Crippen LogP contribution is -2.48. The van der Waals surface area contributed by atoms with E-state index in [1.165, 1.54) is 5.69 Å². The lowest BCUT2D eigenvalue weighted by atomic mass is 10.1. The first-order valence-electron chi connectivity index (χ1n) is 6.74. The Bertz CT molecular complexity index is 517. The van der Waals surface area contributed by atoms with Gasteiger partial charge in [-0.1, -0.05) is 6.92 Å². The van der Waals surface area contributed by atoms with Crippen molar-refractivity contribution in [2.24, 2.45) is 0 Å². The van der Waals surface area contributed by atoms with Crippen LogP contribution >= 0.6 is 0 Å². The minimum atomic E-state index is -0.793. The van der Waals surface area contributed by atoms with Crippen LogP contribution in [-0.2, 0) is 6.42 Å². The summed E-state index contributed by atoms with van der Waals surface area (Å²) >= 11 is 0. The smallest absolute Gasteiger partial charge is 0.407 e. The van der Waals surface area contributed by atoms with E-state index < -0.39 is 6.09 Å². The van der Waals surface area contributed by atoms with Gasteiger partial charge in [0, 0.05) is 30.5 Å². The fourth-order valence-corrected chi connectivity index (χ4v) is 3.29. The quantitative estimate of drug-likeness (QED) is 0.796. The Balaban J connectivity index is 1.81. The number of carbonyl (C=O) groups is 1. The van der Waals surface area contributed by atoms with Crippen molar-refractivity contribution in [3.05, 3.63) is 23.8 Å². The van der Waals surface area contributed by atoms with Crippen LogP contribution in [0.1, 0.15) is 18.9 Å². The summed E-state index contributed by atoms with van der Waals surface area (Å²) in [5.74, 6) is 0. The molecule has 1 aromatic carbocycles. The Morgan fingerprint density at radius 1 is 1.42 bits per heavy atom. The van der Waals surface area contributed by atoms with E-state index in [4.69, 9.17) is 10.8 Å². The molecule has 1 amide bonds. The monoisotopic (exact) mass is 261 g/mol. The van der Waals surface area contributed by atoms with Crippen LogP contribution in [0, 0.1) is 0 Å². The Hall–Kier alpha value is -1.91. The predicted molar refractivity (Wildman–Crippen MR) is 74.5 cm³/mol. The maximum Gasteiger partial charge on any atom is 0.407 e. The Morgan fingerprint density at radius 3 is 2.79 bits per heavy atom. The highest BCUT2D eigenvalue weighted by Crippen LogP contribution is 2.35. The standard InChI is InChI=1S/C14H19N3O2/c1-2-9-5-10(3-4-13(9)15)16-7-12-6-11(16)8-17(12)14(18)19/h3-5,11-12H,2,6-8,15H2,1H3,(H,18,19)/t11-,12-/m0/s1. The molecule has 2 aliphatic rings. The molecular weight excluding hydrogens is 242 g/mol. The van der Waals surface area contributed by atoms with Gasteiger partial charge in [0.05, 0.1) is 6.04 Å². The number of nitrogens with zero attached hydrogens (tertiary/aromatic N) is 2. The van der Waals surface area contributed by atoms with E-state index >= 15 is 0 Å². The minimum absolute atomic E-state index is 0.144. The fraction of sp³-hybridized carbons (Fsp3) is 0.500. The molecular formula is C14H19N3O2. The van der Waals surface area contributed by atoms with Gasteiger partial charge >= 0.3 is 6.09 Å². The van der Waals surface area contributed by atoms with E-state index in [0.29, 0.717) is 12.6 Å². The second-order valence-corrected chi connectivity index (χ2v) is 5.37. The maximum atomic E-state index is 11.1. The topological polar surface area (TPSA) is 69.8 Å². The molecule has 2 aliphatic heterocycles. The van der Waals surface area contributed by atoms with Gasteiger partial charge in [-0.05, 0) is 36.6 Å². The summed E-state index contributed by atoms with van der Waals surface area (Å²) in [6, 6.07) is 6.59. The summed E-state index contributed by atoms with van der Waals surface area (Å²) in [6.07, 6.45) is 1.07. The van der Waals surface area contributed by atoms with Gasteiger partial charge in [-0.3, -0.25) is 0 Å². The third-order valence-corrected chi connectivity index (χ3v) is 4.33. The average Bonchev–Trinajstić information content (AvgIpc) is 2.99. The number of carboxylic acid groups (broad SMARTS) is 1. The van der Waals surface area contributed by atoms with Crippen molar-refractivity contribution in [3.8, 4) is 0 Å². The predicted octanol–water partition coefficient (Wildman–Crippen LogP) is 1.77. The van der Waals surface area contributed by atoms with Gasteiger partial charge in [0.25, 0.3) is 0 Å². The summed E-state index contributed by atoms with van der Waals surface area (Å²) < 4.78 is 0. The molecule has 0 unspecified atom stereocenters. The Morgan fingerprint density at radius 2 is 2.21 bits per heavy atom. The highest BCUT2D eigenvalue weighted by Gasteiger charge is 2.45. The van der Waals surface area contributed by atoms with Crippen LogP contribution in [0.15, 0.2) is 18.2 Å². The van der Waals surface area contributed by atoms with E-state index in [1.54, 1.807) is 4.90 Å². The third kappa shape index (κ3) is 1.89. The first-order chi connectivity index (χ1) is 9.10. The van der Waals surface area contributed by atoms with E-state index in [-0.39, 0.29) is 6.04 Å². The van der Waals surface area contributed by atoms with Gasteiger partial charge in [-0.15, -0.1) is 0 Å². The van der Waals surface area contributed by atoms with Gasteiger partial charge in [0.1, 0.15) is 0 Å². The molecule has 2 fully saturated rings. The number of amides is 1. The molecule has 0 aromatic heterocycles. The van der Waals surface area contributed by atoms with Crippen LogP contribution in [0.2, 0.25) is 0 Å². The normalized spacial score (nSPS) is 25.1. The van der Waals surface area contributed by atoms with E-state index in [2.05, 4.69) is 17.9 Å². The lowest BCUT2D eigenvalue weighted by Gasteiger charge is -2.34. The number of nitrogens with two attached hydrogens (primary N) is 1. The molecule has 3 rings (SSSR count). The van der Waals surface area contributed by atoms with Crippen molar-refractivity contribution in [1.82, 2.24) is 4.90 Å². The van der Waals surface area contributed by atoms with Crippen LogP contribution in [0.5, 0.6) is 0 Å². The molecule has 19 heavy (non-hydrogen) atoms. The molecule has 2 bridgehead atoms. The number of hydrogen-bond donors (Lipinski definition) is 2. The first kappa shape index (κ1) is 12.1. The van der Waals surface area contributed by atoms with Crippen LogP contribution in [-0.4, -0.2) is 41.3 Å². The molecule has 3 N–H and O–H groups in total. The van der Waals surface area contributed by atoms with Gasteiger partial charge in [-0.25, -0.2) is 4.79 Å². The molecule has 0 aliphatic carbocycles. The summed E-state index contributed by atoms with van der Waals surface area (Å²) in [4.78, 5) is 15.0. The number of rotatable bonds is 2. The first-order valence-corrected chi connectivity index (χ1v) is 6.74. The number of piperazine rings is 1. The molecule has 0 radical (unpaired) electrons. The van der Waals surface area contributed by atoms with Crippen molar-refractivity contribution in [2.45, 2.75) is 31.8 Å². The second kappa shape index (κ2) is 4.33. The van der Waals surface area contributed by atoms with Crippen molar-refractivity contribution >= 4 is 17.5 Å². The summed E-state index contributed by atoms with van der Waals surface area (Å²) in [5, 5.41) is 9.10. The summed E-state index contributed by atoms with van der Waals surface area (Å²) in [5.41, 5.74) is 9.10. The highest BCUT2D eigenvalue weighted by molar-refractivity contribution is 5.68. The number of nitrogen functional groups attached to an aromatic ring is 1. The maximum absolute atomic E-state index is 11.1. The molecule has 5 heteroatoms. The molecule has 0 saturated carbocycles. The summed E-state index contributed by atoms with van der Waals surface area (Å²) in [6.45, 7) is 3.51. The van der Waals surface area contributed by atoms with E-state index in [1.807, 2.05) is 12.1 Å². The highest BCUT2D eigenvalue weighted by atomic mass is 16.4. The zero-order chi connectivity index (χ0) is 13.6. The van der Waals surface area contributed by atoms with Gasteiger partial charge < -0.3 is 20.6 Å². The SMILES string of the molecule is CCc1cc(N2C[C@@H]3C[C@H]2CN3C(=O)O)ccc1N. The molecule has 2 heterocycles. The van der Waals surface area contributed by atoms with Crippen LogP contribution in [0.3, 0.4) is 0 Å². The number of likely N-dealkylation sites (tertiary alicyclic amines) is 1. The molecule has 5 nitrogen and oxygen atoms in total. The number of anilines is 2. The second-order valence-electron chi connectivity index (χ2n) is 5.37. The van der Waals surface area contributed by atoms with Gasteiger partial charge in [0.2, 0.25) is 0 Å². The molecule has 2 saturated heterocycles. The molecule has 1 aromatic rings. The van der Waals surface area contributed by atoms with E-state index in [9.17, 15) is 4.79 Å². The summed E-state index contributed by atoms with van der Waals surface area (Å²) in [7, 11) is 0. The van der Waals surface area contributed by atoms with Crippen LogP contribution < -0.4 is 10.6 Å². The number of hydrogen-bond acceptors (Lipinski definition) is 3. The Kier molecular flexibility index (Phi) is 2.77. The average molecular weight is 261 g/mol. The van der Waals surface area contributed by atoms with Crippen molar-refractivity contribution in [1.29, 1.82) is 0 Å². The number of aryl methyl sites for hydroxylation is 1. The molecule has 2 atom stereocenters. The zero-order valence-corrected chi connectivity index (χ0v) is 11.0. The largest absolute Gasteiger partial charge is 0.465 e. The van der Waals surface area contributed by atoms with Crippen molar-refractivity contribution in [2.75, 3.05) is 23.7 Å². The Labute approximate surface area is 112 Å². The van der Waals surface area contributed by atoms with Crippen molar-refractivity contribution in [3.63, 3.8) is 0 Å². The molecule has 0 spiro atoms. The number of benzene rings is 1. The van der Waals surface area contributed by atoms with Crippen LogP contribution in [0.4, 0.5) is 16.2 Å². The molecule has 102 valence electrons. The minimum Gasteiger partial charge on any atom is -0.465 e. The van der Waals surface area contributed by atoms with Crippen LogP contribution in [0.25, 0.3) is 0 Å². The van der Waals surface area contributed by atoms with E-state index in [0.717, 1.165) is 30.6 Å².